The van der Waals surface area contributed by atoms with Crippen molar-refractivity contribution in [2.75, 3.05) is 19.0 Å². The molecule has 23 heavy (non-hydrogen) atoms. The highest BCUT2D eigenvalue weighted by Crippen LogP contribution is 2.14. The third-order valence-corrected chi connectivity index (χ3v) is 3.63. The first-order valence-corrected chi connectivity index (χ1v) is 7.85. The second-order valence-electron chi connectivity index (χ2n) is 4.82. The van der Waals surface area contributed by atoms with Crippen molar-refractivity contribution >= 4 is 33.2 Å². The molecule has 0 aliphatic rings. The third-order valence-electron chi connectivity index (χ3n) is 3.13. The van der Waals surface area contributed by atoms with Crippen LogP contribution in [0.3, 0.4) is 0 Å². The van der Waals surface area contributed by atoms with E-state index in [-0.39, 0.29) is 12.5 Å². The van der Waals surface area contributed by atoms with Crippen molar-refractivity contribution in [3.8, 4) is 5.75 Å². The van der Waals surface area contributed by atoms with Gasteiger partial charge in [0.15, 0.2) is 0 Å². The SMILES string of the molecule is COc1ccc(NCC(=O)N/N=C(\C)c2cccc(Br)c2)cc1. The van der Waals surface area contributed by atoms with E-state index in [0.29, 0.717) is 0 Å². The largest absolute Gasteiger partial charge is 0.497 e. The van der Waals surface area contributed by atoms with Gasteiger partial charge in [-0.25, -0.2) is 5.43 Å². The summed E-state index contributed by atoms with van der Waals surface area (Å²) < 4.78 is 6.05. The Bertz CT molecular complexity index is 699. The normalized spacial score (nSPS) is 11.0. The van der Waals surface area contributed by atoms with E-state index in [0.717, 1.165) is 27.2 Å². The van der Waals surface area contributed by atoms with Gasteiger partial charge < -0.3 is 10.1 Å². The van der Waals surface area contributed by atoms with Crippen LogP contribution in [-0.2, 0) is 4.79 Å². The molecule has 0 bridgehead atoms. The van der Waals surface area contributed by atoms with E-state index in [1.165, 1.54) is 0 Å². The fraction of sp³-hybridized carbons (Fsp3) is 0.176. The van der Waals surface area contributed by atoms with Crippen molar-refractivity contribution in [3.05, 3.63) is 58.6 Å². The van der Waals surface area contributed by atoms with Gasteiger partial charge >= 0.3 is 0 Å². The number of anilines is 1. The molecule has 0 atom stereocenters. The van der Waals surface area contributed by atoms with Crippen LogP contribution in [-0.4, -0.2) is 25.3 Å². The molecule has 5 nitrogen and oxygen atoms in total. The van der Waals surface area contributed by atoms with Crippen LogP contribution in [0.4, 0.5) is 5.69 Å². The number of halogens is 1. The van der Waals surface area contributed by atoms with E-state index in [1.807, 2.05) is 55.5 Å². The van der Waals surface area contributed by atoms with Gasteiger partial charge in [-0.1, -0.05) is 28.1 Å². The minimum atomic E-state index is -0.213. The molecular weight excluding hydrogens is 358 g/mol. The molecule has 2 N–H and O–H groups in total. The van der Waals surface area contributed by atoms with Gasteiger partial charge in [0.05, 0.1) is 19.4 Å². The van der Waals surface area contributed by atoms with E-state index in [9.17, 15) is 4.79 Å². The Balaban J connectivity index is 1.85. The van der Waals surface area contributed by atoms with Gasteiger partial charge in [0.1, 0.15) is 5.75 Å². The molecule has 0 spiro atoms. The van der Waals surface area contributed by atoms with Crippen LogP contribution in [0.15, 0.2) is 58.1 Å². The molecule has 0 heterocycles. The van der Waals surface area contributed by atoms with Crippen molar-refractivity contribution in [2.45, 2.75) is 6.92 Å². The lowest BCUT2D eigenvalue weighted by atomic mass is 10.1. The average molecular weight is 376 g/mol. The van der Waals surface area contributed by atoms with Crippen LogP contribution in [0.25, 0.3) is 0 Å². The maximum atomic E-state index is 11.8. The quantitative estimate of drug-likeness (QED) is 0.600. The number of methoxy groups -OCH3 is 1. The van der Waals surface area contributed by atoms with Crippen molar-refractivity contribution in [1.82, 2.24) is 5.43 Å². The maximum Gasteiger partial charge on any atom is 0.259 e. The van der Waals surface area contributed by atoms with Gasteiger partial charge in [-0.15, -0.1) is 0 Å². The van der Waals surface area contributed by atoms with Crippen LogP contribution in [0.2, 0.25) is 0 Å². The molecule has 0 saturated heterocycles. The van der Waals surface area contributed by atoms with Crippen LogP contribution < -0.4 is 15.5 Å². The number of rotatable bonds is 6. The predicted molar refractivity (Wildman–Crippen MR) is 96.0 cm³/mol. The molecule has 0 aliphatic carbocycles. The lowest BCUT2D eigenvalue weighted by Gasteiger charge is -2.07. The summed E-state index contributed by atoms with van der Waals surface area (Å²) in [7, 11) is 1.61. The molecule has 0 aliphatic heterocycles. The zero-order chi connectivity index (χ0) is 16.7. The summed E-state index contributed by atoms with van der Waals surface area (Å²) in [5.41, 5.74) is 5.07. The summed E-state index contributed by atoms with van der Waals surface area (Å²) in [6.45, 7) is 1.99. The Kier molecular flexibility index (Phi) is 6.17. The number of ether oxygens (including phenoxy) is 1. The smallest absolute Gasteiger partial charge is 0.259 e. The molecule has 2 aromatic rings. The van der Waals surface area contributed by atoms with Gasteiger partial charge in [-0.2, -0.15) is 5.10 Å². The fourth-order valence-corrected chi connectivity index (χ4v) is 2.25. The van der Waals surface area contributed by atoms with Gasteiger partial charge in [-0.05, 0) is 48.9 Å². The summed E-state index contributed by atoms with van der Waals surface area (Å²) >= 11 is 3.41. The Morgan fingerprint density at radius 2 is 1.96 bits per heavy atom. The molecular formula is C17H18BrN3O2. The molecule has 0 aromatic heterocycles. The van der Waals surface area contributed by atoms with Crippen LogP contribution >= 0.6 is 15.9 Å². The number of carbonyl (C=O) groups excluding carboxylic acids is 1. The zero-order valence-corrected chi connectivity index (χ0v) is 14.6. The Labute approximate surface area is 143 Å². The number of hydrogen-bond acceptors (Lipinski definition) is 4. The number of hydrazone groups is 1. The summed E-state index contributed by atoms with van der Waals surface area (Å²) in [5.74, 6) is 0.560. The van der Waals surface area contributed by atoms with Crippen molar-refractivity contribution < 1.29 is 9.53 Å². The fourth-order valence-electron chi connectivity index (χ4n) is 1.86. The van der Waals surface area contributed by atoms with Gasteiger partial charge in [0.2, 0.25) is 0 Å². The van der Waals surface area contributed by atoms with E-state index < -0.39 is 0 Å². The van der Waals surface area contributed by atoms with E-state index in [2.05, 4.69) is 31.8 Å². The lowest BCUT2D eigenvalue weighted by Crippen LogP contribution is -2.26. The van der Waals surface area contributed by atoms with Crippen molar-refractivity contribution in [2.24, 2.45) is 5.10 Å². The summed E-state index contributed by atoms with van der Waals surface area (Å²) in [5, 5.41) is 7.14. The summed E-state index contributed by atoms with van der Waals surface area (Å²) in [6.07, 6.45) is 0. The van der Waals surface area contributed by atoms with Crippen molar-refractivity contribution in [3.63, 3.8) is 0 Å². The second-order valence-corrected chi connectivity index (χ2v) is 5.74. The Morgan fingerprint density at radius 1 is 1.22 bits per heavy atom. The molecule has 2 aromatic carbocycles. The monoisotopic (exact) mass is 375 g/mol. The van der Waals surface area contributed by atoms with Crippen LogP contribution in [0, 0.1) is 0 Å². The van der Waals surface area contributed by atoms with E-state index in [4.69, 9.17) is 4.74 Å². The molecule has 0 fully saturated rings. The first-order valence-electron chi connectivity index (χ1n) is 7.05. The molecule has 0 saturated carbocycles. The highest BCUT2D eigenvalue weighted by atomic mass is 79.9. The number of nitrogens with one attached hydrogen (secondary N) is 2. The Hall–Kier alpha value is -2.34. The number of amides is 1. The number of hydrogen-bond donors (Lipinski definition) is 2. The summed E-state index contributed by atoms with van der Waals surface area (Å²) in [4.78, 5) is 11.8. The van der Waals surface area contributed by atoms with Gasteiger partial charge in [0, 0.05) is 10.2 Å². The lowest BCUT2D eigenvalue weighted by molar-refractivity contribution is -0.119. The highest BCUT2D eigenvalue weighted by molar-refractivity contribution is 9.10. The highest BCUT2D eigenvalue weighted by Gasteiger charge is 2.02. The number of carbonyl (C=O) groups is 1. The molecule has 6 heteroatoms. The van der Waals surface area contributed by atoms with Crippen LogP contribution in [0.5, 0.6) is 5.75 Å². The second kappa shape index (κ2) is 8.33. The van der Waals surface area contributed by atoms with Crippen molar-refractivity contribution in [1.29, 1.82) is 0 Å². The minimum Gasteiger partial charge on any atom is -0.497 e. The molecule has 1 amide bonds. The molecule has 0 radical (unpaired) electrons. The minimum absolute atomic E-state index is 0.140. The molecule has 120 valence electrons. The topological polar surface area (TPSA) is 62.7 Å². The molecule has 0 unspecified atom stereocenters. The molecule has 2 rings (SSSR count). The van der Waals surface area contributed by atoms with E-state index in [1.54, 1.807) is 7.11 Å². The van der Waals surface area contributed by atoms with Gasteiger partial charge in [-0.3, -0.25) is 4.79 Å². The zero-order valence-electron chi connectivity index (χ0n) is 13.0. The average Bonchev–Trinajstić information content (AvgIpc) is 2.58. The summed E-state index contributed by atoms with van der Waals surface area (Å²) in [6, 6.07) is 15.1. The standard InChI is InChI=1S/C17H18BrN3O2/c1-12(13-4-3-5-14(18)10-13)20-21-17(22)11-19-15-6-8-16(23-2)9-7-15/h3-10,19H,11H2,1-2H3,(H,21,22)/b20-12+. The first kappa shape index (κ1) is 17.0. The maximum absolute atomic E-state index is 11.8. The van der Waals surface area contributed by atoms with E-state index >= 15 is 0 Å². The van der Waals surface area contributed by atoms with Gasteiger partial charge in [0.25, 0.3) is 5.91 Å². The Morgan fingerprint density at radius 3 is 2.61 bits per heavy atom. The third kappa shape index (κ3) is 5.41. The number of nitrogens with zero attached hydrogens (tertiary/aromatic N) is 1. The van der Waals surface area contributed by atoms with Crippen LogP contribution in [0.1, 0.15) is 12.5 Å². The number of benzene rings is 2. The predicted octanol–water partition coefficient (Wildman–Crippen LogP) is 3.41. The first-order chi connectivity index (χ1) is 11.1.